The van der Waals surface area contributed by atoms with Crippen LogP contribution in [0.25, 0.3) is 0 Å². The van der Waals surface area contributed by atoms with Gasteiger partial charge in [0.15, 0.2) is 0 Å². The van der Waals surface area contributed by atoms with Crippen molar-refractivity contribution in [2.24, 2.45) is 5.41 Å². The molecule has 1 fully saturated rings. The monoisotopic (exact) mass is 258 g/mol. The Hall–Kier alpha value is -1.35. The van der Waals surface area contributed by atoms with Gasteiger partial charge in [0.1, 0.15) is 0 Å². The minimum atomic E-state index is -0.140. The largest absolute Gasteiger partial charge is 0.319 e. The number of benzene rings is 1. The van der Waals surface area contributed by atoms with Gasteiger partial charge in [-0.2, -0.15) is 0 Å². The van der Waals surface area contributed by atoms with Gasteiger partial charge in [-0.15, -0.1) is 0 Å². The molecule has 2 aliphatic rings. The molecule has 1 saturated carbocycles. The summed E-state index contributed by atoms with van der Waals surface area (Å²) in [5, 5.41) is 3.21. The molecule has 3 nitrogen and oxygen atoms in total. The summed E-state index contributed by atoms with van der Waals surface area (Å²) >= 11 is 0. The van der Waals surface area contributed by atoms with Crippen molar-refractivity contribution in [2.75, 3.05) is 25.0 Å². The maximum Gasteiger partial charge on any atom is 0.234 e. The summed E-state index contributed by atoms with van der Waals surface area (Å²) in [7, 11) is 1.94. The summed E-state index contributed by atoms with van der Waals surface area (Å²) in [6.07, 6.45) is 5.43. The summed E-state index contributed by atoms with van der Waals surface area (Å²) in [5.74, 6) is 0.334. The molecule has 1 aliphatic heterocycles. The molecule has 1 N–H and O–H groups in total. The van der Waals surface area contributed by atoms with Crippen LogP contribution in [-0.2, 0) is 11.2 Å². The Kier molecular flexibility index (Phi) is 3.31. The summed E-state index contributed by atoms with van der Waals surface area (Å²) in [5.41, 5.74) is 2.32. The molecule has 1 amide bonds. The fourth-order valence-electron chi connectivity index (χ4n) is 3.44. The Morgan fingerprint density at radius 3 is 2.79 bits per heavy atom. The Balaban J connectivity index is 1.89. The van der Waals surface area contributed by atoms with Crippen LogP contribution in [0.5, 0.6) is 0 Å². The molecule has 0 bridgehead atoms. The van der Waals surface area contributed by atoms with Crippen molar-refractivity contribution >= 4 is 11.6 Å². The average molecular weight is 258 g/mol. The molecule has 1 aromatic rings. The van der Waals surface area contributed by atoms with Crippen LogP contribution in [0.3, 0.4) is 0 Å². The van der Waals surface area contributed by atoms with Crippen LogP contribution in [0, 0.1) is 5.41 Å². The van der Waals surface area contributed by atoms with E-state index in [4.69, 9.17) is 0 Å². The second-order valence-electron chi connectivity index (χ2n) is 5.85. The zero-order valence-electron chi connectivity index (χ0n) is 11.6. The summed E-state index contributed by atoms with van der Waals surface area (Å²) in [6.45, 7) is 1.69. The van der Waals surface area contributed by atoms with Crippen LogP contribution in [0.1, 0.15) is 31.2 Å². The van der Waals surface area contributed by atoms with Gasteiger partial charge >= 0.3 is 0 Å². The highest BCUT2D eigenvalue weighted by molar-refractivity contribution is 5.99. The summed E-state index contributed by atoms with van der Waals surface area (Å²) in [4.78, 5) is 15.0. The quantitative estimate of drug-likeness (QED) is 0.902. The van der Waals surface area contributed by atoms with Crippen molar-refractivity contribution in [3.8, 4) is 0 Å². The Morgan fingerprint density at radius 1 is 1.32 bits per heavy atom. The van der Waals surface area contributed by atoms with Crippen molar-refractivity contribution in [3.63, 3.8) is 0 Å². The molecule has 0 aromatic heterocycles. The number of amides is 1. The van der Waals surface area contributed by atoms with E-state index < -0.39 is 0 Å². The van der Waals surface area contributed by atoms with Crippen LogP contribution < -0.4 is 10.2 Å². The number of nitrogens with one attached hydrogen (secondary N) is 1. The van der Waals surface area contributed by atoms with Gasteiger partial charge in [-0.1, -0.05) is 24.6 Å². The van der Waals surface area contributed by atoms with Gasteiger partial charge in [0.05, 0.1) is 5.41 Å². The van der Waals surface area contributed by atoms with Crippen LogP contribution in [0.2, 0.25) is 0 Å². The van der Waals surface area contributed by atoms with Crippen LogP contribution in [0.4, 0.5) is 5.69 Å². The number of rotatable bonds is 3. The molecule has 0 atom stereocenters. The van der Waals surface area contributed by atoms with Crippen molar-refractivity contribution in [1.29, 1.82) is 0 Å². The number of anilines is 1. The minimum absolute atomic E-state index is 0.140. The number of nitrogens with zero attached hydrogens (tertiary/aromatic N) is 1. The number of carbonyl (C=O) groups excluding carboxylic acids is 1. The van der Waals surface area contributed by atoms with Gasteiger partial charge in [-0.25, -0.2) is 0 Å². The molecule has 1 aliphatic carbocycles. The van der Waals surface area contributed by atoms with E-state index in [1.54, 1.807) is 0 Å². The number of fused-ring (bicyclic) bond motifs is 1. The third-order valence-electron chi connectivity index (χ3n) is 4.63. The van der Waals surface area contributed by atoms with Crippen molar-refractivity contribution < 1.29 is 4.79 Å². The van der Waals surface area contributed by atoms with E-state index in [9.17, 15) is 4.79 Å². The van der Waals surface area contributed by atoms with Crippen molar-refractivity contribution in [2.45, 2.75) is 32.1 Å². The first kappa shape index (κ1) is 12.7. The predicted molar refractivity (Wildman–Crippen MR) is 77.3 cm³/mol. The van der Waals surface area contributed by atoms with Crippen molar-refractivity contribution in [1.82, 2.24) is 5.32 Å². The Morgan fingerprint density at radius 2 is 2.11 bits per heavy atom. The lowest BCUT2D eigenvalue weighted by molar-refractivity contribution is -0.132. The topological polar surface area (TPSA) is 32.3 Å². The first-order valence-electron chi connectivity index (χ1n) is 7.31. The standard InChI is InChI=1S/C16H22N2O/c1-17-12-16(9-5-10-16)15(19)18-11-4-7-13-6-2-3-8-14(13)18/h2-3,6,8,17H,4-5,7,9-12H2,1H3. The molecule has 19 heavy (non-hydrogen) atoms. The number of hydrogen-bond donors (Lipinski definition) is 1. The lowest BCUT2D eigenvalue weighted by atomic mass is 9.67. The van der Waals surface area contributed by atoms with Gasteiger partial charge in [-0.05, 0) is 44.4 Å². The van der Waals surface area contributed by atoms with E-state index in [-0.39, 0.29) is 5.41 Å². The first-order valence-corrected chi connectivity index (χ1v) is 7.31. The SMILES string of the molecule is CNCC1(C(=O)N2CCCc3ccccc32)CCC1. The van der Waals surface area contributed by atoms with Crippen molar-refractivity contribution in [3.05, 3.63) is 29.8 Å². The predicted octanol–water partition coefficient (Wildman–Crippen LogP) is 2.36. The smallest absolute Gasteiger partial charge is 0.234 e. The van der Waals surface area contributed by atoms with Gasteiger partial charge in [0.25, 0.3) is 0 Å². The van der Waals surface area contributed by atoms with E-state index in [0.29, 0.717) is 5.91 Å². The molecule has 0 unspecified atom stereocenters. The van der Waals surface area contributed by atoms with E-state index in [2.05, 4.69) is 23.5 Å². The van der Waals surface area contributed by atoms with E-state index in [1.165, 1.54) is 12.0 Å². The molecule has 0 radical (unpaired) electrons. The molecule has 102 valence electrons. The number of aryl methyl sites for hydroxylation is 1. The molecule has 3 heteroatoms. The Bertz CT molecular complexity index is 479. The van der Waals surface area contributed by atoms with E-state index in [0.717, 1.165) is 44.5 Å². The number of hydrogen-bond acceptors (Lipinski definition) is 2. The second-order valence-corrected chi connectivity index (χ2v) is 5.85. The van der Waals surface area contributed by atoms with E-state index >= 15 is 0 Å². The molecule has 0 saturated heterocycles. The van der Waals surface area contributed by atoms with Gasteiger partial charge < -0.3 is 10.2 Å². The lowest BCUT2D eigenvalue weighted by Gasteiger charge is -2.44. The highest BCUT2D eigenvalue weighted by Crippen LogP contribution is 2.43. The normalized spacial score (nSPS) is 20.6. The maximum atomic E-state index is 12.9. The lowest BCUT2D eigenvalue weighted by Crippen LogP contribution is -2.53. The molecule has 0 spiro atoms. The molecule has 3 rings (SSSR count). The van der Waals surface area contributed by atoms with Crippen LogP contribution >= 0.6 is 0 Å². The first-order chi connectivity index (χ1) is 9.27. The fourth-order valence-corrected chi connectivity index (χ4v) is 3.44. The van der Waals surface area contributed by atoms with E-state index in [1.807, 2.05) is 18.0 Å². The molecule has 1 aromatic carbocycles. The van der Waals surface area contributed by atoms with Gasteiger partial charge in [-0.3, -0.25) is 4.79 Å². The molecular formula is C16H22N2O. The highest BCUT2D eigenvalue weighted by Gasteiger charge is 2.46. The number of para-hydroxylation sites is 1. The highest BCUT2D eigenvalue weighted by atomic mass is 16.2. The Labute approximate surface area is 115 Å². The minimum Gasteiger partial charge on any atom is -0.319 e. The van der Waals surface area contributed by atoms with Crippen LogP contribution in [0.15, 0.2) is 24.3 Å². The second kappa shape index (κ2) is 4.97. The summed E-state index contributed by atoms with van der Waals surface area (Å²) in [6, 6.07) is 8.36. The summed E-state index contributed by atoms with van der Waals surface area (Å²) < 4.78 is 0. The average Bonchev–Trinajstić information content (AvgIpc) is 2.41. The third kappa shape index (κ3) is 2.06. The zero-order chi connectivity index (χ0) is 13.3. The van der Waals surface area contributed by atoms with Gasteiger partial charge in [0, 0.05) is 18.8 Å². The molecular weight excluding hydrogens is 236 g/mol. The van der Waals surface area contributed by atoms with Crippen LogP contribution in [-0.4, -0.2) is 26.0 Å². The molecule has 1 heterocycles. The van der Waals surface area contributed by atoms with Gasteiger partial charge in [0.2, 0.25) is 5.91 Å². The maximum absolute atomic E-state index is 12.9. The third-order valence-corrected chi connectivity index (χ3v) is 4.63. The fraction of sp³-hybridized carbons (Fsp3) is 0.562. The number of carbonyl (C=O) groups is 1. The zero-order valence-corrected chi connectivity index (χ0v) is 11.6.